The monoisotopic (exact) mass is 346 g/mol. The van der Waals surface area contributed by atoms with E-state index < -0.39 is 5.54 Å². The lowest BCUT2D eigenvalue weighted by molar-refractivity contribution is 0.0892. The first kappa shape index (κ1) is 17.6. The molecule has 1 fully saturated rings. The average molecular weight is 346 g/mol. The Morgan fingerprint density at radius 1 is 1.36 bits per heavy atom. The topological polar surface area (TPSA) is 89.1 Å². The predicted octanol–water partition coefficient (Wildman–Crippen LogP) is 1.84. The number of amides is 1. The fourth-order valence-corrected chi connectivity index (χ4v) is 3.36. The summed E-state index contributed by atoms with van der Waals surface area (Å²) in [6.45, 7) is 6.70. The molecular formula is C17H26N6O2. The van der Waals surface area contributed by atoms with Gasteiger partial charge in [0.05, 0.1) is 18.3 Å². The average Bonchev–Trinajstić information content (AvgIpc) is 3.33. The molecule has 2 aromatic rings. The highest BCUT2D eigenvalue weighted by molar-refractivity contribution is 5.94. The van der Waals surface area contributed by atoms with Gasteiger partial charge in [-0.3, -0.25) is 14.4 Å². The third-order valence-electron chi connectivity index (χ3n) is 4.93. The highest BCUT2D eigenvalue weighted by Gasteiger charge is 2.41. The molecule has 0 unspecified atom stereocenters. The SMILES string of the molecule is CCN(CC)Cc1nc(C2(NC(=O)c3cnn(C)c3)CCCC2)no1. The van der Waals surface area contributed by atoms with E-state index in [4.69, 9.17) is 4.52 Å². The van der Waals surface area contributed by atoms with E-state index in [9.17, 15) is 4.79 Å². The van der Waals surface area contributed by atoms with E-state index in [1.54, 1.807) is 24.1 Å². The molecule has 2 aromatic heterocycles. The second-order valence-corrected chi connectivity index (χ2v) is 6.62. The lowest BCUT2D eigenvalue weighted by atomic mass is 9.96. The third kappa shape index (κ3) is 3.73. The number of carbonyl (C=O) groups is 1. The second kappa shape index (κ2) is 7.35. The summed E-state index contributed by atoms with van der Waals surface area (Å²) in [7, 11) is 1.79. The molecule has 0 saturated heterocycles. The number of nitrogens with one attached hydrogen (secondary N) is 1. The molecular weight excluding hydrogens is 320 g/mol. The molecule has 0 spiro atoms. The Morgan fingerprint density at radius 2 is 2.08 bits per heavy atom. The maximum Gasteiger partial charge on any atom is 0.255 e. The van der Waals surface area contributed by atoms with Crippen molar-refractivity contribution in [1.29, 1.82) is 0 Å². The number of carbonyl (C=O) groups excluding carboxylic acids is 1. The molecule has 1 aliphatic carbocycles. The fraction of sp³-hybridized carbons (Fsp3) is 0.647. The van der Waals surface area contributed by atoms with Crippen LogP contribution in [-0.2, 0) is 19.1 Å². The zero-order chi connectivity index (χ0) is 17.9. The van der Waals surface area contributed by atoms with Crippen LogP contribution in [-0.4, -0.2) is 43.8 Å². The summed E-state index contributed by atoms with van der Waals surface area (Å²) in [6.07, 6.45) is 6.99. The molecule has 0 bridgehead atoms. The highest BCUT2D eigenvalue weighted by atomic mass is 16.5. The van der Waals surface area contributed by atoms with E-state index in [0.29, 0.717) is 23.8 Å². The first-order chi connectivity index (χ1) is 12.1. The summed E-state index contributed by atoms with van der Waals surface area (Å²) in [5.74, 6) is 1.04. The summed E-state index contributed by atoms with van der Waals surface area (Å²) >= 11 is 0. The Labute approximate surface area is 147 Å². The lowest BCUT2D eigenvalue weighted by Gasteiger charge is -2.26. The quantitative estimate of drug-likeness (QED) is 0.823. The van der Waals surface area contributed by atoms with Crippen LogP contribution in [0, 0.1) is 0 Å². The van der Waals surface area contributed by atoms with Gasteiger partial charge in [-0.2, -0.15) is 10.1 Å². The molecule has 8 heteroatoms. The van der Waals surface area contributed by atoms with E-state index in [0.717, 1.165) is 38.8 Å². The van der Waals surface area contributed by atoms with Gasteiger partial charge in [0.15, 0.2) is 5.82 Å². The van der Waals surface area contributed by atoms with Crippen molar-refractivity contribution in [3.63, 3.8) is 0 Å². The molecule has 0 atom stereocenters. The normalized spacial score (nSPS) is 16.5. The first-order valence-corrected chi connectivity index (χ1v) is 8.93. The molecule has 25 heavy (non-hydrogen) atoms. The Bertz CT molecular complexity index is 712. The molecule has 1 saturated carbocycles. The fourth-order valence-electron chi connectivity index (χ4n) is 3.36. The van der Waals surface area contributed by atoms with Crippen LogP contribution in [0.15, 0.2) is 16.9 Å². The molecule has 1 amide bonds. The molecule has 1 N–H and O–H groups in total. The summed E-state index contributed by atoms with van der Waals surface area (Å²) < 4.78 is 7.07. The maximum atomic E-state index is 12.6. The van der Waals surface area contributed by atoms with Crippen LogP contribution in [0.2, 0.25) is 0 Å². The molecule has 1 aliphatic rings. The van der Waals surface area contributed by atoms with Gasteiger partial charge in [0, 0.05) is 13.2 Å². The van der Waals surface area contributed by atoms with E-state index in [2.05, 4.69) is 39.3 Å². The summed E-state index contributed by atoms with van der Waals surface area (Å²) in [6, 6.07) is 0. The first-order valence-electron chi connectivity index (χ1n) is 8.93. The van der Waals surface area contributed by atoms with Crippen molar-refractivity contribution < 1.29 is 9.32 Å². The molecule has 8 nitrogen and oxygen atoms in total. The summed E-state index contributed by atoms with van der Waals surface area (Å²) in [4.78, 5) is 19.4. The zero-order valence-electron chi connectivity index (χ0n) is 15.2. The van der Waals surface area contributed by atoms with Crippen molar-refractivity contribution in [2.24, 2.45) is 7.05 Å². The second-order valence-electron chi connectivity index (χ2n) is 6.62. The van der Waals surface area contributed by atoms with Gasteiger partial charge in [-0.05, 0) is 25.9 Å². The van der Waals surface area contributed by atoms with Crippen molar-refractivity contribution in [3.05, 3.63) is 29.7 Å². The Hall–Kier alpha value is -2.22. The van der Waals surface area contributed by atoms with Gasteiger partial charge in [-0.15, -0.1) is 0 Å². The van der Waals surface area contributed by atoms with Crippen LogP contribution in [0.25, 0.3) is 0 Å². The number of rotatable bonds is 7. The minimum atomic E-state index is -0.544. The Kier molecular flexibility index (Phi) is 5.17. The van der Waals surface area contributed by atoms with Gasteiger partial charge in [0.25, 0.3) is 5.91 Å². The standard InChI is InChI=1S/C17H26N6O2/c1-4-23(5-2)12-14-19-16(21-25-14)17(8-6-7-9-17)20-15(24)13-10-18-22(3)11-13/h10-11H,4-9,12H2,1-3H3,(H,20,24). The number of aryl methyl sites for hydroxylation is 1. The molecule has 136 valence electrons. The van der Waals surface area contributed by atoms with Gasteiger partial charge >= 0.3 is 0 Å². The van der Waals surface area contributed by atoms with Crippen LogP contribution < -0.4 is 5.32 Å². The zero-order valence-corrected chi connectivity index (χ0v) is 15.2. The lowest BCUT2D eigenvalue weighted by Crippen LogP contribution is -2.44. The van der Waals surface area contributed by atoms with Crippen molar-refractivity contribution in [1.82, 2.24) is 30.1 Å². The third-order valence-corrected chi connectivity index (χ3v) is 4.93. The largest absolute Gasteiger partial charge is 0.339 e. The van der Waals surface area contributed by atoms with Gasteiger partial charge in [-0.1, -0.05) is 31.8 Å². The molecule has 0 aromatic carbocycles. The van der Waals surface area contributed by atoms with Crippen LogP contribution in [0.3, 0.4) is 0 Å². The Morgan fingerprint density at radius 3 is 2.68 bits per heavy atom. The molecule has 0 aliphatic heterocycles. The van der Waals surface area contributed by atoms with Gasteiger partial charge in [-0.25, -0.2) is 0 Å². The number of hydrogen-bond acceptors (Lipinski definition) is 6. The summed E-state index contributed by atoms with van der Waals surface area (Å²) in [5.41, 5.74) is -0.00146. The molecule has 3 rings (SSSR count). The molecule has 2 heterocycles. The smallest absolute Gasteiger partial charge is 0.255 e. The van der Waals surface area contributed by atoms with Crippen molar-refractivity contribution in [3.8, 4) is 0 Å². The van der Waals surface area contributed by atoms with Crippen LogP contribution in [0.1, 0.15) is 61.6 Å². The summed E-state index contributed by atoms with van der Waals surface area (Å²) in [5, 5.41) is 11.4. The maximum absolute atomic E-state index is 12.6. The van der Waals surface area contributed by atoms with E-state index in [-0.39, 0.29) is 5.91 Å². The van der Waals surface area contributed by atoms with E-state index >= 15 is 0 Å². The van der Waals surface area contributed by atoms with Crippen molar-refractivity contribution in [2.75, 3.05) is 13.1 Å². The van der Waals surface area contributed by atoms with Crippen molar-refractivity contribution >= 4 is 5.91 Å². The predicted molar refractivity (Wildman–Crippen MR) is 91.7 cm³/mol. The highest BCUT2D eigenvalue weighted by Crippen LogP contribution is 2.37. The van der Waals surface area contributed by atoms with Gasteiger partial charge < -0.3 is 9.84 Å². The minimum absolute atomic E-state index is 0.148. The van der Waals surface area contributed by atoms with Crippen LogP contribution in [0.4, 0.5) is 0 Å². The Balaban J connectivity index is 1.78. The van der Waals surface area contributed by atoms with Crippen LogP contribution >= 0.6 is 0 Å². The number of aromatic nitrogens is 4. The van der Waals surface area contributed by atoms with Crippen LogP contribution in [0.5, 0.6) is 0 Å². The van der Waals surface area contributed by atoms with Gasteiger partial charge in [0.2, 0.25) is 5.89 Å². The minimum Gasteiger partial charge on any atom is -0.339 e. The number of hydrogen-bond donors (Lipinski definition) is 1. The van der Waals surface area contributed by atoms with E-state index in [1.165, 1.54) is 0 Å². The number of nitrogens with zero attached hydrogens (tertiary/aromatic N) is 5. The van der Waals surface area contributed by atoms with Crippen molar-refractivity contribution in [2.45, 2.75) is 51.6 Å². The van der Waals surface area contributed by atoms with E-state index in [1.807, 2.05) is 0 Å². The van der Waals surface area contributed by atoms with Gasteiger partial charge in [0.1, 0.15) is 5.54 Å². The molecule has 0 radical (unpaired) electrons.